The van der Waals surface area contributed by atoms with Crippen molar-refractivity contribution in [3.8, 4) is 11.8 Å². The molecule has 1 aliphatic heterocycles. The van der Waals surface area contributed by atoms with Crippen molar-refractivity contribution in [1.82, 2.24) is 4.57 Å². The van der Waals surface area contributed by atoms with Crippen molar-refractivity contribution in [3.05, 3.63) is 89.2 Å². The van der Waals surface area contributed by atoms with Crippen LogP contribution in [0.25, 0.3) is 16.5 Å². The van der Waals surface area contributed by atoms with Gasteiger partial charge >= 0.3 is 5.97 Å². The fourth-order valence-corrected chi connectivity index (χ4v) is 5.61. The van der Waals surface area contributed by atoms with Crippen molar-refractivity contribution >= 4 is 39.2 Å². The second kappa shape index (κ2) is 8.64. The summed E-state index contributed by atoms with van der Waals surface area (Å²) < 4.78 is 6.47. The summed E-state index contributed by atoms with van der Waals surface area (Å²) in [4.78, 5) is 18.4. The third-order valence-corrected chi connectivity index (χ3v) is 7.17. The molecule has 2 N–H and O–H groups in total. The van der Waals surface area contributed by atoms with Gasteiger partial charge in [-0.05, 0) is 60.9 Å². The Morgan fingerprint density at radius 1 is 1.14 bits per heavy atom. The average molecular weight is 481 g/mol. The third-order valence-electron chi connectivity index (χ3n) is 6.16. The molecule has 0 atom stereocenters. The van der Waals surface area contributed by atoms with E-state index in [-0.39, 0.29) is 22.5 Å². The van der Waals surface area contributed by atoms with Gasteiger partial charge in [0.25, 0.3) is 0 Å². The van der Waals surface area contributed by atoms with Crippen molar-refractivity contribution < 1.29 is 9.53 Å². The molecule has 0 saturated carbocycles. The molecule has 0 spiro atoms. The number of esters is 1. The summed E-state index contributed by atoms with van der Waals surface area (Å²) in [6, 6.07) is 22.6. The summed E-state index contributed by atoms with van der Waals surface area (Å²) in [5.74, 6) is -0.593. The van der Waals surface area contributed by atoms with Gasteiger partial charge in [-0.3, -0.25) is 4.99 Å². The number of aromatic nitrogens is 1. The number of nitriles is 1. The molecule has 0 amide bonds. The number of carbonyl (C=O) groups excluding carboxylic acids is 1. The number of aliphatic imine (C=N–C) groups is 1. The van der Waals surface area contributed by atoms with Crippen molar-refractivity contribution in [3.63, 3.8) is 0 Å². The minimum Gasteiger partial charge on any atom is -0.464 e. The lowest BCUT2D eigenvalue weighted by molar-refractivity contribution is 0.0593. The third kappa shape index (κ3) is 4.07. The van der Waals surface area contributed by atoms with Crippen LogP contribution in [0.2, 0.25) is 0 Å². The van der Waals surface area contributed by atoms with Gasteiger partial charge in [-0.2, -0.15) is 5.26 Å². The fraction of sp³-hybridized carbons (Fsp3) is 0.179. The first-order valence-electron chi connectivity index (χ1n) is 11.2. The van der Waals surface area contributed by atoms with Gasteiger partial charge < -0.3 is 15.0 Å². The lowest BCUT2D eigenvalue weighted by Gasteiger charge is -2.29. The van der Waals surface area contributed by atoms with E-state index >= 15 is 0 Å². The van der Waals surface area contributed by atoms with Gasteiger partial charge in [0.05, 0.1) is 23.9 Å². The van der Waals surface area contributed by atoms with Gasteiger partial charge in [0, 0.05) is 22.3 Å². The average Bonchev–Trinajstić information content (AvgIpc) is 3.19. The number of benzene rings is 3. The summed E-state index contributed by atoms with van der Waals surface area (Å²) in [6.07, 6.45) is 2.44. The Labute approximate surface area is 208 Å². The SMILES string of the molecule is COC(=O)c1c(N)c(C#N)cn1-c1ccc(SC2=NC(C)(C)Cc3c2ccc2ccccc32)cc1. The standard InChI is InChI=1S/C28H24N4O2S/c1-28(2)14-23-21-7-5-4-6-17(21)8-13-22(23)26(31-28)35-20-11-9-19(10-12-20)32-16-18(15-29)24(30)25(32)27(33)34-3/h4-13,16H,14,30H2,1-3H3. The number of nitrogens with zero attached hydrogens (tertiary/aromatic N) is 3. The molecule has 3 aromatic carbocycles. The van der Waals surface area contributed by atoms with Gasteiger partial charge in [-0.1, -0.05) is 48.2 Å². The largest absolute Gasteiger partial charge is 0.464 e. The Kier molecular flexibility index (Phi) is 5.62. The topological polar surface area (TPSA) is 93.4 Å². The van der Waals surface area contributed by atoms with E-state index in [1.54, 1.807) is 22.5 Å². The summed E-state index contributed by atoms with van der Waals surface area (Å²) in [5.41, 5.74) is 9.51. The molecular weight excluding hydrogens is 456 g/mol. The Bertz CT molecular complexity index is 1540. The lowest BCUT2D eigenvalue weighted by Crippen LogP contribution is -2.28. The quantitative estimate of drug-likeness (QED) is 0.377. The molecule has 35 heavy (non-hydrogen) atoms. The van der Waals surface area contributed by atoms with E-state index in [9.17, 15) is 10.1 Å². The highest BCUT2D eigenvalue weighted by Crippen LogP contribution is 2.37. The van der Waals surface area contributed by atoms with Crippen molar-refractivity contribution in [1.29, 1.82) is 5.26 Å². The highest BCUT2D eigenvalue weighted by Gasteiger charge is 2.28. The van der Waals surface area contributed by atoms with E-state index in [4.69, 9.17) is 15.5 Å². The van der Waals surface area contributed by atoms with E-state index in [0.29, 0.717) is 5.69 Å². The lowest BCUT2D eigenvalue weighted by atomic mass is 9.86. The van der Waals surface area contributed by atoms with Crippen molar-refractivity contribution in [2.24, 2.45) is 4.99 Å². The molecule has 0 saturated heterocycles. The number of ether oxygens (including phenoxy) is 1. The van der Waals surface area contributed by atoms with Crippen LogP contribution in [-0.4, -0.2) is 28.2 Å². The number of hydrogen-bond donors (Lipinski definition) is 1. The first-order chi connectivity index (χ1) is 16.8. The fourth-order valence-electron chi connectivity index (χ4n) is 4.52. The van der Waals surface area contributed by atoms with Crippen LogP contribution in [0.1, 0.15) is 41.0 Å². The monoisotopic (exact) mass is 480 g/mol. The van der Waals surface area contributed by atoms with E-state index in [1.807, 2.05) is 30.3 Å². The van der Waals surface area contributed by atoms with Crippen LogP contribution in [0, 0.1) is 11.3 Å². The Hall–Kier alpha value is -4.02. The van der Waals surface area contributed by atoms with Gasteiger partial charge in [0.1, 0.15) is 11.1 Å². The number of hydrogen-bond acceptors (Lipinski definition) is 6. The summed E-state index contributed by atoms with van der Waals surface area (Å²) in [6.45, 7) is 4.33. The second-order valence-corrected chi connectivity index (χ2v) is 10.2. The minimum atomic E-state index is -0.593. The molecule has 2 heterocycles. The second-order valence-electron chi connectivity index (χ2n) is 9.09. The van der Waals surface area contributed by atoms with Gasteiger partial charge in [0.15, 0.2) is 5.69 Å². The van der Waals surface area contributed by atoms with Crippen LogP contribution in [0.3, 0.4) is 0 Å². The molecule has 4 aromatic rings. The number of nitrogens with two attached hydrogens (primary N) is 1. The highest BCUT2D eigenvalue weighted by atomic mass is 32.2. The highest BCUT2D eigenvalue weighted by molar-refractivity contribution is 8.14. The summed E-state index contributed by atoms with van der Waals surface area (Å²) in [7, 11) is 1.29. The number of nitrogen functional groups attached to an aromatic ring is 1. The van der Waals surface area contributed by atoms with Gasteiger partial charge in [0.2, 0.25) is 0 Å². The van der Waals surface area contributed by atoms with Crippen LogP contribution >= 0.6 is 11.8 Å². The molecule has 6 nitrogen and oxygen atoms in total. The van der Waals surface area contributed by atoms with Gasteiger partial charge in [-0.25, -0.2) is 4.79 Å². The zero-order valence-corrected chi connectivity index (χ0v) is 20.5. The maximum absolute atomic E-state index is 12.3. The molecule has 0 unspecified atom stereocenters. The molecule has 0 fully saturated rings. The van der Waals surface area contributed by atoms with Gasteiger partial charge in [-0.15, -0.1) is 0 Å². The Morgan fingerprint density at radius 3 is 2.60 bits per heavy atom. The van der Waals surface area contributed by atoms with Crippen molar-refractivity contribution in [2.45, 2.75) is 30.7 Å². The van der Waals surface area contributed by atoms with E-state index in [2.05, 4.69) is 50.2 Å². The molecule has 7 heteroatoms. The van der Waals surface area contributed by atoms with E-state index < -0.39 is 5.97 Å². The number of fused-ring (bicyclic) bond motifs is 3. The Morgan fingerprint density at radius 2 is 1.89 bits per heavy atom. The summed E-state index contributed by atoms with van der Waals surface area (Å²) >= 11 is 1.62. The first-order valence-corrected chi connectivity index (χ1v) is 12.0. The smallest absolute Gasteiger partial charge is 0.357 e. The summed E-state index contributed by atoms with van der Waals surface area (Å²) in [5, 5.41) is 12.9. The molecule has 1 aromatic heterocycles. The molecule has 0 radical (unpaired) electrons. The predicted molar refractivity (Wildman–Crippen MR) is 140 cm³/mol. The minimum absolute atomic E-state index is 0.112. The van der Waals surface area contributed by atoms with Crippen LogP contribution in [-0.2, 0) is 11.2 Å². The predicted octanol–water partition coefficient (Wildman–Crippen LogP) is 5.74. The van der Waals surface area contributed by atoms with Crippen molar-refractivity contribution in [2.75, 3.05) is 12.8 Å². The van der Waals surface area contributed by atoms with Crippen LogP contribution in [0.4, 0.5) is 5.69 Å². The van der Waals surface area contributed by atoms with Crippen LogP contribution in [0.5, 0.6) is 0 Å². The molecule has 1 aliphatic rings. The molecule has 5 rings (SSSR count). The molecule has 174 valence electrons. The first kappa shape index (κ1) is 22.8. The maximum atomic E-state index is 12.3. The zero-order chi connectivity index (χ0) is 24.7. The van der Waals surface area contributed by atoms with Crippen LogP contribution < -0.4 is 5.73 Å². The van der Waals surface area contributed by atoms with Crippen LogP contribution in [0.15, 0.2) is 76.7 Å². The molecule has 0 bridgehead atoms. The number of carbonyl (C=O) groups is 1. The number of rotatable bonds is 3. The number of anilines is 1. The van der Waals surface area contributed by atoms with E-state index in [1.165, 1.54) is 29.0 Å². The van der Waals surface area contributed by atoms with E-state index in [0.717, 1.165) is 16.4 Å². The zero-order valence-electron chi connectivity index (χ0n) is 19.7. The number of methoxy groups -OCH3 is 1. The Balaban J connectivity index is 1.51. The maximum Gasteiger partial charge on any atom is 0.357 e. The normalized spacial score (nSPS) is 14.2. The molecule has 0 aliphatic carbocycles. The number of thioether (sulfide) groups is 1. The molecular formula is C28H24N4O2S.